The predicted molar refractivity (Wildman–Crippen MR) is 83.0 cm³/mol. The maximum atomic E-state index is 10.9. The zero-order chi connectivity index (χ0) is 15.4. The molecule has 0 amide bonds. The van der Waals surface area contributed by atoms with Crippen molar-refractivity contribution in [1.82, 2.24) is 0 Å². The molecule has 0 fully saturated rings. The van der Waals surface area contributed by atoms with Crippen molar-refractivity contribution in [3.63, 3.8) is 0 Å². The monoisotopic (exact) mass is 304 g/mol. The van der Waals surface area contributed by atoms with Crippen molar-refractivity contribution in [1.29, 1.82) is 0 Å². The molecule has 3 nitrogen and oxygen atoms in total. The molecule has 2 rings (SSSR count). The molecule has 4 heteroatoms. The van der Waals surface area contributed by atoms with Crippen LogP contribution >= 0.6 is 11.6 Å². The van der Waals surface area contributed by atoms with E-state index in [1.165, 1.54) is 0 Å². The summed E-state index contributed by atoms with van der Waals surface area (Å²) in [7, 11) is 0. The van der Waals surface area contributed by atoms with Gasteiger partial charge in [-0.1, -0.05) is 35.9 Å². The summed E-state index contributed by atoms with van der Waals surface area (Å²) in [5.74, 6) is -0.561. The van der Waals surface area contributed by atoms with Gasteiger partial charge < -0.3 is 9.84 Å². The lowest BCUT2D eigenvalue weighted by molar-refractivity contribution is -0.138. The Balaban J connectivity index is 2.00. The zero-order valence-electron chi connectivity index (χ0n) is 12.0. The van der Waals surface area contributed by atoms with E-state index < -0.39 is 11.9 Å². The second-order valence-electron chi connectivity index (χ2n) is 5.00. The standard InChI is InChI=1S/C17H17ClO3/c1-11-9-15(7-8-16(11)18)21-10-13-3-5-14(6-4-13)12(2)17(19)20/h3-9,12H,10H2,1-2H3,(H,19,20). The highest BCUT2D eigenvalue weighted by Crippen LogP contribution is 2.22. The average Bonchev–Trinajstić information content (AvgIpc) is 2.48. The molecule has 1 N–H and O–H groups in total. The van der Waals surface area contributed by atoms with E-state index in [1.807, 2.05) is 49.4 Å². The topological polar surface area (TPSA) is 46.5 Å². The van der Waals surface area contributed by atoms with Gasteiger partial charge in [-0.05, 0) is 48.7 Å². The van der Waals surface area contributed by atoms with E-state index in [2.05, 4.69) is 0 Å². The molecule has 0 aliphatic rings. The Labute approximate surface area is 129 Å². The van der Waals surface area contributed by atoms with Gasteiger partial charge in [-0.25, -0.2) is 0 Å². The predicted octanol–water partition coefficient (Wildman–Crippen LogP) is 4.42. The summed E-state index contributed by atoms with van der Waals surface area (Å²) in [4.78, 5) is 10.9. The number of carboxylic acids is 1. The first-order valence-electron chi connectivity index (χ1n) is 6.68. The number of benzene rings is 2. The van der Waals surface area contributed by atoms with Crippen LogP contribution in [-0.4, -0.2) is 11.1 Å². The molecule has 0 spiro atoms. The molecule has 0 saturated heterocycles. The Kier molecular flexibility index (Phi) is 4.86. The molecule has 21 heavy (non-hydrogen) atoms. The molecule has 2 aromatic carbocycles. The molecule has 0 bridgehead atoms. The second kappa shape index (κ2) is 6.64. The number of carboxylic acid groups (broad SMARTS) is 1. The van der Waals surface area contributed by atoms with Gasteiger partial charge in [-0.3, -0.25) is 4.79 Å². The van der Waals surface area contributed by atoms with Crippen LogP contribution in [0.4, 0.5) is 0 Å². The van der Waals surface area contributed by atoms with Gasteiger partial charge in [-0.2, -0.15) is 0 Å². The van der Waals surface area contributed by atoms with Crippen molar-refractivity contribution in [3.8, 4) is 5.75 Å². The first kappa shape index (κ1) is 15.4. The number of hydrogen-bond acceptors (Lipinski definition) is 2. The maximum Gasteiger partial charge on any atom is 0.310 e. The van der Waals surface area contributed by atoms with E-state index in [1.54, 1.807) is 6.92 Å². The van der Waals surface area contributed by atoms with Crippen molar-refractivity contribution in [2.45, 2.75) is 26.4 Å². The van der Waals surface area contributed by atoms with Crippen LogP contribution in [-0.2, 0) is 11.4 Å². The van der Waals surface area contributed by atoms with Crippen LogP contribution in [0.3, 0.4) is 0 Å². The minimum Gasteiger partial charge on any atom is -0.489 e. The van der Waals surface area contributed by atoms with Gasteiger partial charge >= 0.3 is 5.97 Å². The van der Waals surface area contributed by atoms with Crippen molar-refractivity contribution < 1.29 is 14.6 Å². The van der Waals surface area contributed by atoms with Crippen LogP contribution in [0.15, 0.2) is 42.5 Å². The number of aryl methyl sites for hydroxylation is 1. The fourth-order valence-corrected chi connectivity index (χ4v) is 2.04. The molecule has 0 aliphatic carbocycles. The Bertz CT molecular complexity index is 635. The molecular weight excluding hydrogens is 288 g/mol. The van der Waals surface area contributed by atoms with Gasteiger partial charge in [0.05, 0.1) is 5.92 Å². The molecule has 0 aromatic heterocycles. The average molecular weight is 305 g/mol. The lowest BCUT2D eigenvalue weighted by atomic mass is 10.0. The molecule has 0 saturated carbocycles. The fourth-order valence-electron chi connectivity index (χ4n) is 1.92. The van der Waals surface area contributed by atoms with Crippen molar-refractivity contribution in [3.05, 3.63) is 64.2 Å². The summed E-state index contributed by atoms with van der Waals surface area (Å²) < 4.78 is 5.70. The highest BCUT2D eigenvalue weighted by molar-refractivity contribution is 6.31. The number of rotatable bonds is 5. The van der Waals surface area contributed by atoms with Gasteiger partial charge in [0.2, 0.25) is 0 Å². The van der Waals surface area contributed by atoms with E-state index >= 15 is 0 Å². The SMILES string of the molecule is Cc1cc(OCc2ccc(C(C)C(=O)O)cc2)ccc1Cl. The van der Waals surface area contributed by atoms with Crippen LogP contribution in [0.5, 0.6) is 5.75 Å². The summed E-state index contributed by atoms with van der Waals surface area (Å²) in [6, 6.07) is 13.0. The molecule has 1 atom stereocenters. The molecule has 0 radical (unpaired) electrons. The van der Waals surface area contributed by atoms with E-state index in [-0.39, 0.29) is 0 Å². The van der Waals surface area contributed by atoms with Gasteiger partial charge in [-0.15, -0.1) is 0 Å². The summed E-state index contributed by atoms with van der Waals surface area (Å²) >= 11 is 5.97. The van der Waals surface area contributed by atoms with Gasteiger partial charge in [0.1, 0.15) is 12.4 Å². The van der Waals surface area contributed by atoms with Crippen LogP contribution in [0.25, 0.3) is 0 Å². The smallest absolute Gasteiger partial charge is 0.310 e. The number of aliphatic carboxylic acids is 1. The molecule has 0 heterocycles. The normalized spacial score (nSPS) is 12.0. The van der Waals surface area contributed by atoms with Crippen molar-refractivity contribution in [2.24, 2.45) is 0 Å². The largest absolute Gasteiger partial charge is 0.489 e. The molecule has 1 unspecified atom stereocenters. The van der Waals surface area contributed by atoms with Gasteiger partial charge in [0, 0.05) is 5.02 Å². The summed E-state index contributed by atoms with van der Waals surface area (Å²) in [5, 5.41) is 9.69. The summed E-state index contributed by atoms with van der Waals surface area (Å²) in [6.45, 7) is 4.03. The molecular formula is C17H17ClO3. The Morgan fingerprint density at radius 3 is 2.48 bits per heavy atom. The molecule has 2 aromatic rings. The Morgan fingerprint density at radius 2 is 1.90 bits per heavy atom. The molecule has 110 valence electrons. The number of ether oxygens (including phenoxy) is 1. The Hall–Kier alpha value is -2.00. The first-order chi connectivity index (χ1) is 9.97. The van der Waals surface area contributed by atoms with Crippen LogP contribution in [0, 0.1) is 6.92 Å². The highest BCUT2D eigenvalue weighted by Gasteiger charge is 2.12. The van der Waals surface area contributed by atoms with E-state index in [9.17, 15) is 4.79 Å². The van der Waals surface area contributed by atoms with Crippen LogP contribution in [0.1, 0.15) is 29.5 Å². The van der Waals surface area contributed by atoms with E-state index in [0.717, 1.165) is 27.5 Å². The number of carbonyl (C=O) groups is 1. The summed E-state index contributed by atoms with van der Waals surface area (Å²) in [5.41, 5.74) is 2.75. The third kappa shape index (κ3) is 3.99. The molecule has 0 aliphatic heterocycles. The first-order valence-corrected chi connectivity index (χ1v) is 7.06. The third-order valence-corrected chi connectivity index (χ3v) is 3.81. The van der Waals surface area contributed by atoms with Gasteiger partial charge in [0.25, 0.3) is 0 Å². The zero-order valence-corrected chi connectivity index (χ0v) is 12.7. The van der Waals surface area contributed by atoms with E-state index in [4.69, 9.17) is 21.4 Å². The second-order valence-corrected chi connectivity index (χ2v) is 5.41. The maximum absolute atomic E-state index is 10.9. The quantitative estimate of drug-likeness (QED) is 0.889. The van der Waals surface area contributed by atoms with Gasteiger partial charge in [0.15, 0.2) is 0 Å². The minimum atomic E-state index is -0.823. The fraction of sp³-hybridized carbons (Fsp3) is 0.235. The number of hydrogen-bond donors (Lipinski definition) is 1. The van der Waals surface area contributed by atoms with Crippen LogP contribution in [0.2, 0.25) is 5.02 Å². The number of halogens is 1. The van der Waals surface area contributed by atoms with Crippen molar-refractivity contribution in [2.75, 3.05) is 0 Å². The third-order valence-electron chi connectivity index (χ3n) is 3.39. The minimum absolute atomic E-state index is 0.433. The van der Waals surface area contributed by atoms with E-state index in [0.29, 0.717) is 6.61 Å². The lowest BCUT2D eigenvalue weighted by Gasteiger charge is -2.10. The highest BCUT2D eigenvalue weighted by atomic mass is 35.5. The summed E-state index contributed by atoms with van der Waals surface area (Å²) in [6.07, 6.45) is 0. The Morgan fingerprint density at radius 1 is 1.24 bits per heavy atom. The van der Waals surface area contributed by atoms with Crippen LogP contribution < -0.4 is 4.74 Å². The van der Waals surface area contributed by atoms with Crippen molar-refractivity contribution >= 4 is 17.6 Å². The lowest BCUT2D eigenvalue weighted by Crippen LogP contribution is -2.07.